The number of alkyl halides is 2. The van der Waals surface area contributed by atoms with E-state index in [0.29, 0.717) is 40.6 Å². The molecule has 1 aromatic carbocycles. The van der Waals surface area contributed by atoms with E-state index >= 15 is 4.39 Å². The lowest BCUT2D eigenvalue weighted by molar-refractivity contribution is -0.107. The average molecular weight is 554 g/mol. The molecule has 0 radical (unpaired) electrons. The number of aromatic nitrogens is 5. The molecule has 208 valence electrons. The molecule has 1 amide bonds. The number of nitrogens with one attached hydrogen (secondary N) is 1. The van der Waals surface area contributed by atoms with Crippen LogP contribution in [0.4, 0.5) is 30.5 Å². The Kier molecular flexibility index (Phi) is 7.86. The molecule has 0 saturated carbocycles. The Bertz CT molecular complexity index is 1460. The Morgan fingerprint density at radius 2 is 1.75 bits per heavy atom. The van der Waals surface area contributed by atoms with Crippen molar-refractivity contribution in [3.63, 3.8) is 0 Å². The van der Waals surface area contributed by atoms with Gasteiger partial charge in [0.15, 0.2) is 0 Å². The normalized spacial score (nSPS) is 13.5. The van der Waals surface area contributed by atoms with Gasteiger partial charge in [-0.05, 0) is 24.3 Å². The zero-order valence-electron chi connectivity index (χ0n) is 21.8. The van der Waals surface area contributed by atoms with E-state index < -0.39 is 18.1 Å². The fraction of sp³-hybridized carbons (Fsp3) is 0.308. The van der Waals surface area contributed by atoms with E-state index in [9.17, 15) is 13.6 Å². The van der Waals surface area contributed by atoms with Crippen LogP contribution in [0.15, 0.2) is 47.3 Å². The second kappa shape index (κ2) is 11.7. The van der Waals surface area contributed by atoms with Crippen molar-refractivity contribution in [2.75, 3.05) is 55.0 Å². The van der Waals surface area contributed by atoms with Gasteiger partial charge in [-0.1, -0.05) is 0 Å². The highest BCUT2D eigenvalue weighted by Gasteiger charge is 2.20. The molecule has 1 N–H and O–H groups in total. The first-order chi connectivity index (χ1) is 19.3. The highest BCUT2D eigenvalue weighted by Crippen LogP contribution is 2.36. The van der Waals surface area contributed by atoms with Crippen LogP contribution in [0.5, 0.6) is 0 Å². The first-order valence-electron chi connectivity index (χ1n) is 12.4. The molecule has 1 fully saturated rings. The van der Waals surface area contributed by atoms with Crippen LogP contribution in [0.25, 0.3) is 22.6 Å². The van der Waals surface area contributed by atoms with Crippen LogP contribution in [0, 0.1) is 5.82 Å². The smallest absolute Gasteiger partial charge is 0.314 e. The summed E-state index contributed by atoms with van der Waals surface area (Å²) in [5.74, 6) is -0.754. The number of pyridine rings is 1. The van der Waals surface area contributed by atoms with Crippen LogP contribution < -0.4 is 20.0 Å². The molecular formula is C26H26F3N9O2. The minimum Gasteiger partial charge on any atom is -0.415 e. The van der Waals surface area contributed by atoms with Gasteiger partial charge in [0.25, 0.3) is 5.89 Å². The number of amides is 1. The third-order valence-corrected chi connectivity index (χ3v) is 6.46. The topological polar surface area (TPSA) is 116 Å². The molecular weight excluding hydrogens is 527 g/mol. The highest BCUT2D eigenvalue weighted by molar-refractivity contribution is 5.87. The maximum atomic E-state index is 15.4. The summed E-state index contributed by atoms with van der Waals surface area (Å²) in [7, 11) is 3.32. The van der Waals surface area contributed by atoms with Crippen molar-refractivity contribution in [2.45, 2.75) is 13.0 Å². The minimum absolute atomic E-state index is 0.0693. The molecule has 1 aliphatic rings. The van der Waals surface area contributed by atoms with E-state index in [4.69, 9.17) is 4.42 Å². The molecule has 1 aliphatic heterocycles. The van der Waals surface area contributed by atoms with E-state index in [0.717, 1.165) is 26.2 Å². The van der Waals surface area contributed by atoms with Crippen molar-refractivity contribution in [3.05, 3.63) is 60.3 Å². The van der Waals surface area contributed by atoms with Crippen LogP contribution in [0.2, 0.25) is 0 Å². The van der Waals surface area contributed by atoms with Gasteiger partial charge in [0.1, 0.15) is 5.82 Å². The van der Waals surface area contributed by atoms with E-state index in [1.54, 1.807) is 49.6 Å². The standard InChI is InChI=1S/C26H26F3N9O2/c1-36(14-18-4-3-16(11-31-18)24-34-35-25(40-24)23(28)29)22-10-20(27)19(9-21(22)37(2)15-39)17-12-32-26(33-13-17)38-7-5-30-6-8-38/h3-4,9-13,15,23,30H,5-8,14H2,1-2H3. The van der Waals surface area contributed by atoms with E-state index in [2.05, 4.69) is 35.4 Å². The number of carbonyl (C=O) groups is 1. The summed E-state index contributed by atoms with van der Waals surface area (Å²) in [5.41, 5.74) is 2.66. The van der Waals surface area contributed by atoms with Crippen molar-refractivity contribution in [3.8, 4) is 22.6 Å². The van der Waals surface area contributed by atoms with Crippen LogP contribution in [-0.2, 0) is 11.3 Å². The van der Waals surface area contributed by atoms with Crippen molar-refractivity contribution in [1.82, 2.24) is 30.5 Å². The quantitative estimate of drug-likeness (QED) is 0.310. The van der Waals surface area contributed by atoms with E-state index in [1.807, 2.05) is 0 Å². The van der Waals surface area contributed by atoms with Gasteiger partial charge in [-0.2, -0.15) is 8.78 Å². The molecule has 0 atom stereocenters. The molecule has 4 heterocycles. The largest absolute Gasteiger partial charge is 0.415 e. The Morgan fingerprint density at radius 1 is 1.02 bits per heavy atom. The monoisotopic (exact) mass is 553 g/mol. The second-order valence-corrected chi connectivity index (χ2v) is 9.19. The zero-order valence-corrected chi connectivity index (χ0v) is 21.8. The number of hydrogen-bond donors (Lipinski definition) is 1. The van der Waals surface area contributed by atoms with Gasteiger partial charge < -0.3 is 24.4 Å². The van der Waals surface area contributed by atoms with Gasteiger partial charge in [0.2, 0.25) is 18.2 Å². The highest BCUT2D eigenvalue weighted by atomic mass is 19.3. The number of anilines is 3. The lowest BCUT2D eigenvalue weighted by Crippen LogP contribution is -2.44. The van der Waals surface area contributed by atoms with Crippen molar-refractivity contribution in [1.29, 1.82) is 0 Å². The Morgan fingerprint density at radius 3 is 2.38 bits per heavy atom. The van der Waals surface area contributed by atoms with Crippen LogP contribution in [-0.4, -0.2) is 71.8 Å². The molecule has 0 aliphatic carbocycles. The fourth-order valence-electron chi connectivity index (χ4n) is 4.32. The molecule has 0 bridgehead atoms. The molecule has 4 aromatic rings. The van der Waals surface area contributed by atoms with Crippen LogP contribution >= 0.6 is 0 Å². The molecule has 3 aromatic heterocycles. The van der Waals surface area contributed by atoms with Gasteiger partial charge >= 0.3 is 6.43 Å². The number of halogens is 3. The number of nitrogens with zero attached hydrogens (tertiary/aromatic N) is 8. The molecule has 0 unspecified atom stereocenters. The number of piperazine rings is 1. The Labute approximate surface area is 227 Å². The molecule has 1 saturated heterocycles. The second-order valence-electron chi connectivity index (χ2n) is 9.19. The first-order valence-corrected chi connectivity index (χ1v) is 12.4. The summed E-state index contributed by atoms with van der Waals surface area (Å²) >= 11 is 0. The van der Waals surface area contributed by atoms with E-state index in [-0.39, 0.29) is 18.0 Å². The molecule has 0 spiro atoms. The predicted molar refractivity (Wildman–Crippen MR) is 142 cm³/mol. The molecule has 11 nitrogen and oxygen atoms in total. The van der Waals surface area contributed by atoms with Crippen molar-refractivity contribution < 1.29 is 22.4 Å². The Hall–Kier alpha value is -4.59. The first kappa shape index (κ1) is 27.0. The fourth-order valence-corrected chi connectivity index (χ4v) is 4.32. The summed E-state index contributed by atoms with van der Waals surface area (Å²) in [6, 6.07) is 6.23. The Balaban J connectivity index is 1.37. The maximum Gasteiger partial charge on any atom is 0.314 e. The van der Waals surface area contributed by atoms with Crippen molar-refractivity contribution >= 4 is 23.7 Å². The number of benzene rings is 1. The van der Waals surface area contributed by atoms with Gasteiger partial charge in [0, 0.05) is 70.0 Å². The lowest BCUT2D eigenvalue weighted by Gasteiger charge is -2.27. The third kappa shape index (κ3) is 5.71. The van der Waals surface area contributed by atoms with Gasteiger partial charge in [-0.25, -0.2) is 14.4 Å². The van der Waals surface area contributed by atoms with E-state index in [1.165, 1.54) is 17.2 Å². The van der Waals surface area contributed by atoms with Gasteiger partial charge in [0.05, 0.1) is 29.2 Å². The van der Waals surface area contributed by atoms with Gasteiger partial charge in [-0.3, -0.25) is 9.78 Å². The van der Waals surface area contributed by atoms with Crippen LogP contribution in [0.3, 0.4) is 0 Å². The molecule has 14 heteroatoms. The minimum atomic E-state index is -2.86. The number of hydrogen-bond acceptors (Lipinski definition) is 10. The predicted octanol–water partition coefficient (Wildman–Crippen LogP) is 3.30. The SMILES string of the molecule is CN(C=O)c1cc(-c2cnc(N3CCNCC3)nc2)c(F)cc1N(C)Cc1ccc(-c2nnc(C(F)F)o2)cn1. The van der Waals surface area contributed by atoms with Gasteiger partial charge in [-0.15, -0.1) is 10.2 Å². The third-order valence-electron chi connectivity index (χ3n) is 6.46. The molecule has 5 rings (SSSR count). The summed E-state index contributed by atoms with van der Waals surface area (Å²) in [6.45, 7) is 3.52. The summed E-state index contributed by atoms with van der Waals surface area (Å²) in [6.07, 6.45) is 2.37. The molecule has 40 heavy (non-hydrogen) atoms. The van der Waals surface area contributed by atoms with Crippen molar-refractivity contribution in [2.24, 2.45) is 0 Å². The summed E-state index contributed by atoms with van der Waals surface area (Å²) in [5, 5.41) is 10.2. The zero-order chi connectivity index (χ0) is 28.2. The van der Waals surface area contributed by atoms with Crippen LogP contribution in [0.1, 0.15) is 18.0 Å². The lowest BCUT2D eigenvalue weighted by atomic mass is 10.1. The maximum absolute atomic E-state index is 15.4. The summed E-state index contributed by atoms with van der Waals surface area (Å²) < 4.78 is 45.9. The number of rotatable bonds is 9. The average Bonchev–Trinajstić information content (AvgIpc) is 3.48. The summed E-state index contributed by atoms with van der Waals surface area (Å²) in [4.78, 5) is 30.1. The number of carbonyl (C=O) groups excluding carboxylic acids is 1.